The van der Waals surface area contributed by atoms with E-state index in [1.54, 1.807) is 4.90 Å². The van der Waals surface area contributed by atoms with Crippen LogP contribution in [0.15, 0.2) is 24.3 Å². The van der Waals surface area contributed by atoms with Crippen molar-refractivity contribution < 1.29 is 14.7 Å². The number of fused-ring (bicyclic) bond motifs is 1. The molecule has 5 heteroatoms. The molecule has 0 fully saturated rings. The Morgan fingerprint density at radius 3 is 2.89 bits per heavy atom. The normalized spacial score (nSPS) is 14.4. The van der Waals surface area contributed by atoms with Gasteiger partial charge in [-0.3, -0.25) is 4.90 Å². The van der Waals surface area contributed by atoms with E-state index in [1.165, 1.54) is 0 Å². The molecule has 0 saturated carbocycles. The van der Waals surface area contributed by atoms with Gasteiger partial charge in [0, 0.05) is 18.7 Å². The summed E-state index contributed by atoms with van der Waals surface area (Å²) in [4.78, 5) is 24.6. The third kappa shape index (κ3) is 2.68. The molecular formula is C14H14N2O3. The maximum absolute atomic E-state index is 12.1. The lowest BCUT2D eigenvalue weighted by molar-refractivity contribution is -0.139. The molecule has 0 saturated heterocycles. The molecule has 1 aliphatic rings. The van der Waals surface area contributed by atoms with Crippen molar-refractivity contribution in [2.24, 2.45) is 0 Å². The van der Waals surface area contributed by atoms with Gasteiger partial charge in [-0.2, -0.15) is 0 Å². The Morgan fingerprint density at radius 2 is 2.21 bits per heavy atom. The van der Waals surface area contributed by atoms with Gasteiger partial charge in [-0.25, -0.2) is 9.59 Å². The fourth-order valence-corrected chi connectivity index (χ4v) is 2.09. The first kappa shape index (κ1) is 13.0. The topological polar surface area (TPSA) is 69.6 Å². The van der Waals surface area contributed by atoms with Gasteiger partial charge in [0.2, 0.25) is 0 Å². The van der Waals surface area contributed by atoms with E-state index in [-0.39, 0.29) is 6.42 Å². The number of nitrogens with one attached hydrogen (secondary N) is 1. The number of para-hydroxylation sites is 1. The van der Waals surface area contributed by atoms with Gasteiger partial charge in [-0.15, -0.1) is 12.3 Å². The zero-order valence-electron chi connectivity index (χ0n) is 10.3. The van der Waals surface area contributed by atoms with Crippen molar-refractivity contribution in [2.75, 3.05) is 11.4 Å². The lowest BCUT2D eigenvalue weighted by atomic mass is 10.2. The largest absolute Gasteiger partial charge is 0.480 e. The summed E-state index contributed by atoms with van der Waals surface area (Å²) in [6.07, 6.45) is 5.84. The van der Waals surface area contributed by atoms with Crippen molar-refractivity contribution in [1.82, 2.24) is 5.32 Å². The summed E-state index contributed by atoms with van der Waals surface area (Å²) in [6, 6.07) is 6.09. The van der Waals surface area contributed by atoms with E-state index < -0.39 is 18.0 Å². The zero-order valence-corrected chi connectivity index (χ0v) is 10.3. The number of carboxylic acids is 1. The monoisotopic (exact) mass is 258 g/mol. The highest BCUT2D eigenvalue weighted by Crippen LogP contribution is 2.27. The van der Waals surface area contributed by atoms with Gasteiger partial charge >= 0.3 is 12.0 Å². The van der Waals surface area contributed by atoms with Crippen molar-refractivity contribution in [2.45, 2.75) is 18.9 Å². The Morgan fingerprint density at radius 1 is 1.47 bits per heavy atom. The summed E-state index contributed by atoms with van der Waals surface area (Å²) < 4.78 is 0. The van der Waals surface area contributed by atoms with E-state index in [9.17, 15) is 9.59 Å². The fourth-order valence-electron chi connectivity index (χ4n) is 2.09. The third-order valence-electron chi connectivity index (χ3n) is 3.05. The number of aliphatic carboxylic acids is 1. The first-order valence-electron chi connectivity index (χ1n) is 5.95. The van der Waals surface area contributed by atoms with Crippen LogP contribution in [-0.4, -0.2) is 29.7 Å². The highest BCUT2D eigenvalue weighted by atomic mass is 16.4. The van der Waals surface area contributed by atoms with Crippen molar-refractivity contribution in [1.29, 1.82) is 0 Å². The molecule has 2 rings (SSSR count). The lowest BCUT2D eigenvalue weighted by Gasteiger charge is -2.20. The van der Waals surface area contributed by atoms with Gasteiger partial charge in [0.05, 0.1) is 0 Å². The number of nitrogens with zero attached hydrogens (tertiary/aromatic N) is 1. The molecule has 0 spiro atoms. The molecule has 0 aliphatic carbocycles. The Bertz CT molecular complexity index is 548. The lowest BCUT2D eigenvalue weighted by Crippen LogP contribution is -2.47. The van der Waals surface area contributed by atoms with Gasteiger partial charge in [-0.05, 0) is 18.1 Å². The number of anilines is 1. The molecule has 2 N–H and O–H groups in total. The van der Waals surface area contributed by atoms with Crippen LogP contribution >= 0.6 is 0 Å². The first-order chi connectivity index (χ1) is 9.13. The number of benzene rings is 1. The Balaban J connectivity index is 2.10. The van der Waals surface area contributed by atoms with E-state index in [0.29, 0.717) is 6.54 Å². The molecule has 1 atom stereocenters. The summed E-state index contributed by atoms with van der Waals surface area (Å²) in [7, 11) is 0. The summed E-state index contributed by atoms with van der Waals surface area (Å²) in [6.45, 7) is 0.549. The predicted molar refractivity (Wildman–Crippen MR) is 70.9 cm³/mol. The van der Waals surface area contributed by atoms with Gasteiger partial charge in [0.15, 0.2) is 0 Å². The molecule has 0 bridgehead atoms. The van der Waals surface area contributed by atoms with Crippen molar-refractivity contribution in [3.05, 3.63) is 29.8 Å². The molecule has 1 aliphatic heterocycles. The van der Waals surface area contributed by atoms with Crippen molar-refractivity contribution in [3.8, 4) is 12.3 Å². The molecule has 0 aromatic heterocycles. The van der Waals surface area contributed by atoms with E-state index in [4.69, 9.17) is 11.5 Å². The van der Waals surface area contributed by atoms with Crippen molar-refractivity contribution in [3.63, 3.8) is 0 Å². The van der Waals surface area contributed by atoms with Crippen LogP contribution in [-0.2, 0) is 11.2 Å². The molecule has 5 nitrogen and oxygen atoms in total. The maximum Gasteiger partial charge on any atom is 0.327 e. The number of terminal acetylenes is 1. The summed E-state index contributed by atoms with van der Waals surface area (Å²) in [5, 5.41) is 11.4. The number of carbonyl (C=O) groups excluding carboxylic acids is 1. The van der Waals surface area contributed by atoms with E-state index in [0.717, 1.165) is 17.7 Å². The average molecular weight is 258 g/mol. The van der Waals surface area contributed by atoms with Crippen LogP contribution in [0.4, 0.5) is 10.5 Å². The highest BCUT2D eigenvalue weighted by Gasteiger charge is 2.27. The number of urea groups is 1. The summed E-state index contributed by atoms with van der Waals surface area (Å²) in [5.74, 6) is 1.12. The van der Waals surface area contributed by atoms with E-state index in [2.05, 4.69) is 11.2 Å². The third-order valence-corrected chi connectivity index (χ3v) is 3.05. The SMILES string of the molecule is C#CCC(NC(=O)N1CCc2ccccc21)C(=O)O. The number of hydrogen-bond donors (Lipinski definition) is 2. The first-order valence-corrected chi connectivity index (χ1v) is 5.95. The van der Waals surface area contributed by atoms with Crippen LogP contribution in [0.25, 0.3) is 0 Å². The quantitative estimate of drug-likeness (QED) is 0.801. The van der Waals surface area contributed by atoms with Crippen molar-refractivity contribution >= 4 is 17.7 Å². The van der Waals surface area contributed by atoms with E-state index >= 15 is 0 Å². The number of rotatable bonds is 3. The smallest absolute Gasteiger partial charge is 0.327 e. The number of hydrogen-bond acceptors (Lipinski definition) is 2. The molecule has 19 heavy (non-hydrogen) atoms. The highest BCUT2D eigenvalue weighted by molar-refractivity contribution is 5.96. The minimum absolute atomic E-state index is 0.0312. The molecule has 1 unspecified atom stereocenters. The number of amides is 2. The van der Waals surface area contributed by atoms with E-state index in [1.807, 2.05) is 24.3 Å². The van der Waals surface area contributed by atoms with Gasteiger partial charge < -0.3 is 10.4 Å². The van der Waals surface area contributed by atoms with Gasteiger partial charge in [-0.1, -0.05) is 18.2 Å². The predicted octanol–water partition coefficient (Wildman–Crippen LogP) is 1.24. The summed E-state index contributed by atoms with van der Waals surface area (Å²) in [5.41, 5.74) is 1.91. The number of carboxylic acid groups (broad SMARTS) is 1. The molecule has 2 amide bonds. The Kier molecular flexibility index (Phi) is 3.71. The molecule has 1 aromatic carbocycles. The average Bonchev–Trinajstić information content (AvgIpc) is 2.81. The fraction of sp³-hybridized carbons (Fsp3) is 0.286. The summed E-state index contributed by atoms with van der Waals surface area (Å²) >= 11 is 0. The minimum atomic E-state index is -1.13. The molecule has 1 heterocycles. The zero-order chi connectivity index (χ0) is 13.8. The Hall–Kier alpha value is -2.48. The maximum atomic E-state index is 12.1. The second-order valence-corrected chi connectivity index (χ2v) is 4.28. The standard InChI is InChI=1S/C14H14N2O3/c1-2-5-11(13(17)18)15-14(19)16-9-8-10-6-3-4-7-12(10)16/h1,3-4,6-7,11H,5,8-9H2,(H,15,19)(H,17,18). The van der Waals surface area contributed by atoms with Crippen LogP contribution in [0, 0.1) is 12.3 Å². The molecular weight excluding hydrogens is 244 g/mol. The number of carbonyl (C=O) groups is 2. The van der Waals surface area contributed by atoms with Crippen LogP contribution in [0.3, 0.4) is 0 Å². The van der Waals surface area contributed by atoms with Gasteiger partial charge in [0.25, 0.3) is 0 Å². The molecule has 0 radical (unpaired) electrons. The van der Waals surface area contributed by atoms with Crippen LogP contribution < -0.4 is 10.2 Å². The van der Waals surface area contributed by atoms with Gasteiger partial charge in [0.1, 0.15) is 6.04 Å². The Labute approximate surface area is 111 Å². The van der Waals surface area contributed by atoms with Crippen LogP contribution in [0.2, 0.25) is 0 Å². The second-order valence-electron chi connectivity index (χ2n) is 4.28. The minimum Gasteiger partial charge on any atom is -0.480 e. The molecule has 98 valence electrons. The van der Waals surface area contributed by atoms with Crippen LogP contribution in [0.1, 0.15) is 12.0 Å². The second kappa shape index (κ2) is 5.44. The van der Waals surface area contributed by atoms with Crippen LogP contribution in [0.5, 0.6) is 0 Å². The molecule has 1 aromatic rings.